The van der Waals surface area contributed by atoms with Gasteiger partial charge in [-0.2, -0.15) is 0 Å². The molecule has 1 aliphatic heterocycles. The van der Waals surface area contributed by atoms with E-state index in [0.717, 1.165) is 16.2 Å². The Bertz CT molecular complexity index is 853. The van der Waals surface area contributed by atoms with Crippen molar-refractivity contribution in [3.63, 3.8) is 0 Å². The Kier molecular flexibility index (Phi) is 4.23. The van der Waals surface area contributed by atoms with Gasteiger partial charge in [0.2, 0.25) is 0 Å². The van der Waals surface area contributed by atoms with Crippen LogP contribution < -0.4 is 10.0 Å². The molecule has 23 heavy (non-hydrogen) atoms. The molecule has 0 fully saturated rings. The predicted octanol–water partition coefficient (Wildman–Crippen LogP) is 0.867. The standard InChI is InChI=1S/C13H15N3O5S2/c1-7-4-8(21-16-7)5-15-23(19,20)13-11(12(17)18)9-2-3-14-6-10(9)22-13/h4,14-15H,2-3,5-6H2,1H3,(H,17,18). The number of carbonyl (C=O) groups is 1. The van der Waals surface area contributed by atoms with Crippen molar-refractivity contribution in [3.05, 3.63) is 33.5 Å². The first-order valence-corrected chi connectivity index (χ1v) is 9.19. The highest BCUT2D eigenvalue weighted by molar-refractivity contribution is 7.91. The molecule has 0 unspecified atom stereocenters. The molecule has 2 aromatic rings. The van der Waals surface area contributed by atoms with E-state index >= 15 is 0 Å². The summed E-state index contributed by atoms with van der Waals surface area (Å²) in [6.45, 7) is 2.76. The number of aromatic carboxylic acids is 1. The van der Waals surface area contributed by atoms with Gasteiger partial charge in [0.1, 0.15) is 4.21 Å². The van der Waals surface area contributed by atoms with Gasteiger partial charge in [0.25, 0.3) is 10.0 Å². The molecule has 3 heterocycles. The zero-order valence-electron chi connectivity index (χ0n) is 12.2. The van der Waals surface area contributed by atoms with Gasteiger partial charge in [0.05, 0.1) is 17.8 Å². The SMILES string of the molecule is Cc1cc(CNS(=O)(=O)c2sc3c(c2C(=O)O)CCNC3)on1. The van der Waals surface area contributed by atoms with E-state index in [-0.39, 0.29) is 16.3 Å². The molecular formula is C13H15N3O5S2. The van der Waals surface area contributed by atoms with Gasteiger partial charge in [0.15, 0.2) is 5.76 Å². The summed E-state index contributed by atoms with van der Waals surface area (Å²) in [5.74, 6) is -0.855. The molecule has 0 saturated carbocycles. The lowest BCUT2D eigenvalue weighted by Crippen LogP contribution is -2.25. The minimum Gasteiger partial charge on any atom is -0.478 e. The third-order valence-electron chi connectivity index (χ3n) is 3.47. The van der Waals surface area contributed by atoms with E-state index in [4.69, 9.17) is 4.52 Å². The first kappa shape index (κ1) is 16.1. The number of nitrogens with zero attached hydrogens (tertiary/aromatic N) is 1. The van der Waals surface area contributed by atoms with Crippen molar-refractivity contribution in [1.82, 2.24) is 15.2 Å². The molecular weight excluding hydrogens is 342 g/mol. The van der Waals surface area contributed by atoms with Crippen LogP contribution in [0.3, 0.4) is 0 Å². The summed E-state index contributed by atoms with van der Waals surface area (Å²) in [5, 5.41) is 16.2. The lowest BCUT2D eigenvalue weighted by atomic mass is 10.1. The number of aromatic nitrogens is 1. The van der Waals surface area contributed by atoms with Gasteiger partial charge in [-0.25, -0.2) is 17.9 Å². The molecule has 0 atom stereocenters. The Balaban J connectivity index is 1.93. The second kappa shape index (κ2) is 6.04. The van der Waals surface area contributed by atoms with Crippen molar-refractivity contribution >= 4 is 27.3 Å². The Morgan fingerprint density at radius 3 is 3.00 bits per heavy atom. The number of hydrogen-bond donors (Lipinski definition) is 3. The lowest BCUT2D eigenvalue weighted by Gasteiger charge is -2.12. The third-order valence-corrected chi connectivity index (χ3v) is 6.62. The Hall–Kier alpha value is -1.75. The summed E-state index contributed by atoms with van der Waals surface area (Å²) in [5.41, 5.74) is 1.13. The maximum absolute atomic E-state index is 12.5. The molecule has 8 nitrogen and oxygen atoms in total. The van der Waals surface area contributed by atoms with Crippen LogP contribution in [0.25, 0.3) is 0 Å². The number of carboxylic acids is 1. The molecule has 3 N–H and O–H groups in total. The fourth-order valence-electron chi connectivity index (χ4n) is 2.45. The van der Waals surface area contributed by atoms with Crippen molar-refractivity contribution in [2.45, 2.75) is 30.6 Å². The highest BCUT2D eigenvalue weighted by Gasteiger charge is 2.31. The van der Waals surface area contributed by atoms with Crippen LogP contribution in [0.1, 0.15) is 32.3 Å². The van der Waals surface area contributed by atoms with E-state index < -0.39 is 16.0 Å². The number of hydrogen-bond acceptors (Lipinski definition) is 7. The first-order chi connectivity index (χ1) is 10.9. The number of sulfonamides is 1. The average Bonchev–Trinajstić information content (AvgIpc) is 3.09. The van der Waals surface area contributed by atoms with Crippen LogP contribution in [-0.4, -0.2) is 31.2 Å². The number of rotatable bonds is 5. The Morgan fingerprint density at radius 2 is 2.35 bits per heavy atom. The van der Waals surface area contributed by atoms with Gasteiger partial charge < -0.3 is 14.9 Å². The molecule has 0 aliphatic carbocycles. The molecule has 10 heteroatoms. The minimum absolute atomic E-state index is 0.0803. The fourth-order valence-corrected chi connectivity index (χ4v) is 5.34. The average molecular weight is 357 g/mol. The van der Waals surface area contributed by atoms with Crippen LogP contribution in [0.2, 0.25) is 0 Å². The molecule has 0 amide bonds. The van der Waals surface area contributed by atoms with Crippen LogP contribution in [0.5, 0.6) is 0 Å². The molecule has 2 aromatic heterocycles. The van der Waals surface area contributed by atoms with Gasteiger partial charge in [-0.3, -0.25) is 0 Å². The normalized spacial score (nSPS) is 14.7. The number of nitrogens with one attached hydrogen (secondary N) is 2. The molecule has 0 spiro atoms. The molecule has 0 aromatic carbocycles. The van der Waals surface area contributed by atoms with Gasteiger partial charge in [-0.15, -0.1) is 11.3 Å². The van der Waals surface area contributed by atoms with Gasteiger partial charge >= 0.3 is 5.97 Å². The Morgan fingerprint density at radius 1 is 1.57 bits per heavy atom. The fraction of sp³-hybridized carbons (Fsp3) is 0.385. The van der Waals surface area contributed by atoms with Crippen LogP contribution in [0.15, 0.2) is 14.8 Å². The second-order valence-corrected chi connectivity index (χ2v) is 8.22. The molecule has 1 aliphatic rings. The topological polar surface area (TPSA) is 122 Å². The van der Waals surface area contributed by atoms with Crippen LogP contribution in [-0.2, 0) is 29.5 Å². The largest absolute Gasteiger partial charge is 0.478 e. The maximum atomic E-state index is 12.5. The number of aryl methyl sites for hydroxylation is 1. The zero-order valence-corrected chi connectivity index (χ0v) is 13.9. The summed E-state index contributed by atoms with van der Waals surface area (Å²) in [7, 11) is -3.95. The third kappa shape index (κ3) is 3.15. The molecule has 0 saturated heterocycles. The van der Waals surface area contributed by atoms with E-state index in [1.807, 2.05) is 0 Å². The van der Waals surface area contributed by atoms with Crippen molar-refractivity contribution in [3.8, 4) is 0 Å². The molecule has 3 rings (SSSR count). The van der Waals surface area contributed by atoms with Gasteiger partial charge in [0, 0.05) is 17.5 Å². The van der Waals surface area contributed by atoms with Crippen molar-refractivity contribution in [2.75, 3.05) is 6.54 Å². The molecule has 0 radical (unpaired) electrons. The summed E-state index contributed by atoms with van der Waals surface area (Å²) in [4.78, 5) is 12.3. The monoisotopic (exact) mass is 357 g/mol. The van der Waals surface area contributed by atoms with Crippen molar-refractivity contribution in [1.29, 1.82) is 0 Å². The van der Waals surface area contributed by atoms with E-state index in [9.17, 15) is 18.3 Å². The summed E-state index contributed by atoms with van der Waals surface area (Å²) < 4.78 is 32.2. The van der Waals surface area contributed by atoms with Crippen LogP contribution >= 0.6 is 11.3 Å². The smallest absolute Gasteiger partial charge is 0.338 e. The minimum atomic E-state index is -3.95. The maximum Gasteiger partial charge on any atom is 0.338 e. The molecule has 0 bridgehead atoms. The summed E-state index contributed by atoms with van der Waals surface area (Å²) >= 11 is 0.998. The van der Waals surface area contributed by atoms with E-state index in [0.29, 0.717) is 36.5 Å². The Labute approximate surface area is 136 Å². The van der Waals surface area contributed by atoms with E-state index in [1.165, 1.54) is 0 Å². The number of thiophene rings is 1. The first-order valence-electron chi connectivity index (χ1n) is 6.89. The van der Waals surface area contributed by atoms with Crippen molar-refractivity contribution in [2.24, 2.45) is 0 Å². The predicted molar refractivity (Wildman–Crippen MR) is 82.0 cm³/mol. The second-order valence-electron chi connectivity index (χ2n) is 5.16. The van der Waals surface area contributed by atoms with E-state index in [1.54, 1.807) is 13.0 Å². The summed E-state index contributed by atoms with van der Waals surface area (Å²) in [6, 6.07) is 1.62. The zero-order chi connectivity index (χ0) is 16.6. The summed E-state index contributed by atoms with van der Waals surface area (Å²) in [6.07, 6.45) is 0.504. The van der Waals surface area contributed by atoms with Gasteiger partial charge in [-0.05, 0) is 25.5 Å². The number of carboxylic acid groups (broad SMARTS) is 1. The quantitative estimate of drug-likeness (QED) is 0.726. The van der Waals surface area contributed by atoms with Gasteiger partial charge in [-0.1, -0.05) is 5.16 Å². The molecule has 124 valence electrons. The van der Waals surface area contributed by atoms with Crippen LogP contribution in [0.4, 0.5) is 0 Å². The highest BCUT2D eigenvalue weighted by atomic mass is 32.2. The lowest BCUT2D eigenvalue weighted by molar-refractivity contribution is 0.0692. The number of fused-ring (bicyclic) bond motifs is 1. The van der Waals surface area contributed by atoms with Crippen molar-refractivity contribution < 1.29 is 22.8 Å². The highest BCUT2D eigenvalue weighted by Crippen LogP contribution is 2.34. The van der Waals surface area contributed by atoms with E-state index in [2.05, 4.69) is 15.2 Å². The van der Waals surface area contributed by atoms with Crippen LogP contribution in [0, 0.1) is 6.92 Å².